The van der Waals surface area contributed by atoms with Gasteiger partial charge in [-0.2, -0.15) is 5.26 Å². The maximum atomic E-state index is 14.1. The minimum absolute atomic E-state index is 0.0473. The first-order valence-electron chi connectivity index (χ1n) is 11.8. The van der Waals surface area contributed by atoms with Crippen LogP contribution in [0.5, 0.6) is 0 Å². The van der Waals surface area contributed by atoms with E-state index in [-0.39, 0.29) is 5.29 Å². The van der Waals surface area contributed by atoms with Crippen LogP contribution in [0.4, 0.5) is 5.69 Å². The predicted molar refractivity (Wildman–Crippen MR) is 163 cm³/mol. The number of rotatable bonds is 7. The number of hydrogen-bond donors (Lipinski definition) is 2. The van der Waals surface area contributed by atoms with E-state index in [4.69, 9.17) is 34.8 Å². The molecule has 8 heteroatoms. The molecule has 0 aliphatic carbocycles. The Balaban J connectivity index is 1.95. The van der Waals surface area contributed by atoms with Crippen molar-refractivity contribution in [2.24, 2.45) is 0 Å². The number of amides is 1. The van der Waals surface area contributed by atoms with Gasteiger partial charge in [0.1, 0.15) is 17.5 Å². The second kappa shape index (κ2) is 12.1. The monoisotopic (exact) mass is 579 g/mol. The molecule has 0 aliphatic rings. The van der Waals surface area contributed by atoms with Crippen LogP contribution in [0.25, 0.3) is 0 Å². The van der Waals surface area contributed by atoms with Crippen molar-refractivity contribution in [1.29, 1.82) is 5.26 Å². The second-order valence-corrected chi connectivity index (χ2v) is 14.3. The Hall–Kier alpha value is -3.19. The van der Waals surface area contributed by atoms with Crippen LogP contribution >= 0.6 is 41.7 Å². The summed E-state index contributed by atoms with van der Waals surface area (Å²) in [5.41, 5.74) is 1.72. The van der Waals surface area contributed by atoms with Gasteiger partial charge in [-0.1, -0.05) is 143 Å². The molecule has 2 N–H and O–H groups in total. The Morgan fingerprint density at radius 1 is 0.763 bits per heavy atom. The molecular weight excluding hydrogens is 556 g/mol. The highest BCUT2D eigenvalue weighted by Gasteiger charge is 2.38. The lowest BCUT2D eigenvalue weighted by Crippen LogP contribution is -2.52. The van der Waals surface area contributed by atoms with Crippen LogP contribution in [0.15, 0.2) is 115 Å². The van der Waals surface area contributed by atoms with Crippen molar-refractivity contribution in [2.45, 2.75) is 16.9 Å². The standard InChI is InChI=1S/C30H25Cl3N3OP/c1-22-17-19-23(20-18-22)35-29(30(31,32)33)36-28(37)27(21-34)38(24-11-5-2-6-12-24,25-13-7-3-8-14-25)26-15-9-4-10-16-26/h2-20,29,35H,1H3,(H,36,37). The Bertz CT molecular complexity index is 1380. The van der Waals surface area contributed by atoms with E-state index < -0.39 is 22.8 Å². The van der Waals surface area contributed by atoms with Crippen molar-refractivity contribution in [3.63, 3.8) is 0 Å². The van der Waals surface area contributed by atoms with Crippen molar-refractivity contribution in [3.8, 4) is 6.07 Å². The molecule has 192 valence electrons. The molecule has 0 aliphatic heterocycles. The smallest absolute Gasteiger partial charge is 0.264 e. The maximum absolute atomic E-state index is 14.1. The number of anilines is 1. The first kappa shape index (κ1) is 27.8. The molecule has 1 atom stereocenters. The minimum Gasteiger partial charge on any atom is -0.362 e. The number of carbonyl (C=O) groups excluding carboxylic acids is 1. The van der Waals surface area contributed by atoms with Crippen LogP contribution in [-0.2, 0) is 4.79 Å². The van der Waals surface area contributed by atoms with Crippen molar-refractivity contribution in [2.75, 3.05) is 5.32 Å². The number of nitriles is 1. The summed E-state index contributed by atoms with van der Waals surface area (Å²) in [5.74, 6) is -0.617. The van der Waals surface area contributed by atoms with Gasteiger partial charge in [-0.05, 0) is 35.0 Å². The lowest BCUT2D eigenvalue weighted by Gasteiger charge is -2.32. The van der Waals surface area contributed by atoms with Crippen LogP contribution in [0, 0.1) is 18.3 Å². The van der Waals surface area contributed by atoms with Gasteiger partial charge in [0.15, 0.2) is 0 Å². The number of nitrogens with zero attached hydrogens (tertiary/aromatic N) is 1. The lowest BCUT2D eigenvalue weighted by molar-refractivity contribution is -0.115. The van der Waals surface area contributed by atoms with Crippen LogP contribution in [-0.4, -0.2) is 21.2 Å². The van der Waals surface area contributed by atoms with E-state index in [1.54, 1.807) is 0 Å². The predicted octanol–water partition coefficient (Wildman–Crippen LogP) is 5.91. The molecule has 0 saturated carbocycles. The fourth-order valence-corrected chi connectivity index (χ4v) is 8.66. The van der Waals surface area contributed by atoms with Gasteiger partial charge in [0.2, 0.25) is 3.79 Å². The zero-order valence-electron chi connectivity index (χ0n) is 20.5. The van der Waals surface area contributed by atoms with Gasteiger partial charge in [0.25, 0.3) is 5.91 Å². The number of benzene rings is 4. The number of hydrogen-bond acceptors (Lipinski definition) is 3. The quantitative estimate of drug-likeness (QED) is 0.162. The van der Waals surface area contributed by atoms with Crippen molar-refractivity contribution < 1.29 is 4.79 Å². The topological polar surface area (TPSA) is 64.9 Å². The molecule has 38 heavy (non-hydrogen) atoms. The summed E-state index contributed by atoms with van der Waals surface area (Å²) >= 11 is 18.9. The molecule has 0 aromatic heterocycles. The Morgan fingerprint density at radius 3 is 1.55 bits per heavy atom. The molecule has 4 aromatic carbocycles. The average molecular weight is 581 g/mol. The molecule has 0 saturated heterocycles. The summed E-state index contributed by atoms with van der Waals surface area (Å²) in [6, 6.07) is 38.6. The summed E-state index contributed by atoms with van der Waals surface area (Å²) in [6.07, 6.45) is -1.12. The molecule has 0 bridgehead atoms. The largest absolute Gasteiger partial charge is 0.362 e. The van der Waals surface area contributed by atoms with Crippen molar-refractivity contribution in [1.82, 2.24) is 5.32 Å². The van der Waals surface area contributed by atoms with E-state index in [1.807, 2.05) is 122 Å². The van der Waals surface area contributed by atoms with Gasteiger partial charge in [-0.25, -0.2) is 0 Å². The van der Waals surface area contributed by atoms with Crippen LogP contribution in [0.1, 0.15) is 5.56 Å². The molecule has 1 unspecified atom stereocenters. The molecule has 4 nitrogen and oxygen atoms in total. The molecule has 0 spiro atoms. The van der Waals surface area contributed by atoms with Gasteiger partial charge in [0.05, 0.1) is 0 Å². The Kier molecular flexibility index (Phi) is 8.87. The molecule has 0 heterocycles. The van der Waals surface area contributed by atoms with Gasteiger partial charge < -0.3 is 10.6 Å². The minimum atomic E-state index is -2.93. The summed E-state index contributed by atoms with van der Waals surface area (Å²) in [7, 11) is 0. The average Bonchev–Trinajstić information content (AvgIpc) is 2.93. The summed E-state index contributed by atoms with van der Waals surface area (Å²) in [6.45, 7) is -0.966. The Labute approximate surface area is 238 Å². The fourth-order valence-electron chi connectivity index (χ4n) is 4.28. The molecule has 0 fully saturated rings. The highest BCUT2D eigenvalue weighted by atomic mass is 35.6. The van der Waals surface area contributed by atoms with E-state index in [1.165, 1.54) is 0 Å². The highest BCUT2D eigenvalue weighted by molar-refractivity contribution is 7.96. The third kappa shape index (κ3) is 5.93. The zero-order chi connectivity index (χ0) is 27.2. The summed E-state index contributed by atoms with van der Waals surface area (Å²) in [5, 5.41) is 19.1. The van der Waals surface area contributed by atoms with Crippen LogP contribution in [0.2, 0.25) is 0 Å². The van der Waals surface area contributed by atoms with E-state index in [0.717, 1.165) is 21.5 Å². The van der Waals surface area contributed by atoms with Crippen LogP contribution < -0.4 is 26.5 Å². The summed E-state index contributed by atoms with van der Waals surface area (Å²) in [4.78, 5) is 14.1. The first-order chi connectivity index (χ1) is 18.3. The van der Waals surface area contributed by atoms with Crippen molar-refractivity contribution in [3.05, 3.63) is 121 Å². The van der Waals surface area contributed by atoms with Gasteiger partial charge >= 0.3 is 0 Å². The number of carbonyl (C=O) groups is 1. The van der Waals surface area contributed by atoms with Crippen molar-refractivity contribution >= 4 is 74.5 Å². The third-order valence-corrected chi connectivity index (χ3v) is 10.9. The molecule has 4 rings (SSSR count). The van der Waals surface area contributed by atoms with E-state index in [9.17, 15) is 10.1 Å². The van der Waals surface area contributed by atoms with Gasteiger partial charge in [-0.15, -0.1) is 0 Å². The number of nitrogens with one attached hydrogen (secondary N) is 2. The maximum Gasteiger partial charge on any atom is 0.264 e. The second-order valence-electron chi connectivity index (χ2n) is 8.60. The number of alkyl halides is 3. The third-order valence-electron chi connectivity index (χ3n) is 6.05. The normalized spacial score (nSPS) is 12.2. The summed E-state index contributed by atoms with van der Waals surface area (Å²) < 4.78 is -1.91. The molecule has 4 aromatic rings. The molecule has 0 radical (unpaired) electrons. The molecule has 1 amide bonds. The van der Waals surface area contributed by atoms with Crippen LogP contribution in [0.3, 0.4) is 0 Å². The SMILES string of the molecule is Cc1ccc(NC(NC(=O)C(C#N)=P(c2ccccc2)(c2ccccc2)c2ccccc2)C(Cl)(Cl)Cl)cc1. The number of aryl methyl sites for hydroxylation is 1. The fraction of sp³-hybridized carbons (Fsp3) is 0.100. The van der Waals surface area contributed by atoms with E-state index in [2.05, 4.69) is 16.7 Å². The highest BCUT2D eigenvalue weighted by Crippen LogP contribution is 2.46. The van der Waals surface area contributed by atoms with E-state index >= 15 is 0 Å². The van der Waals surface area contributed by atoms with Gasteiger partial charge in [0, 0.05) is 12.6 Å². The Morgan fingerprint density at radius 2 is 1.18 bits per heavy atom. The molecular formula is C30H25Cl3N3OP. The van der Waals surface area contributed by atoms with Gasteiger partial charge in [-0.3, -0.25) is 4.79 Å². The lowest BCUT2D eigenvalue weighted by atomic mass is 10.2. The van der Waals surface area contributed by atoms with E-state index in [0.29, 0.717) is 5.69 Å². The zero-order valence-corrected chi connectivity index (χ0v) is 23.6. The first-order valence-corrected chi connectivity index (χ1v) is 14.7. The number of halogens is 3.